The van der Waals surface area contributed by atoms with Crippen LogP contribution >= 0.6 is 0 Å². The fourth-order valence-electron chi connectivity index (χ4n) is 2.96. The van der Waals surface area contributed by atoms with Crippen molar-refractivity contribution in [2.24, 2.45) is 11.8 Å². The van der Waals surface area contributed by atoms with E-state index in [-0.39, 0.29) is 6.09 Å². The number of hydrogen-bond acceptors (Lipinski definition) is 3. The lowest BCUT2D eigenvalue weighted by Crippen LogP contribution is -2.39. The zero-order valence-corrected chi connectivity index (χ0v) is 9.53. The summed E-state index contributed by atoms with van der Waals surface area (Å²) in [6.45, 7) is 7.46. The second-order valence-corrected chi connectivity index (χ2v) is 4.41. The maximum Gasteiger partial charge on any atom is 0.410 e. The van der Waals surface area contributed by atoms with Gasteiger partial charge in [0.15, 0.2) is 0 Å². The molecule has 0 radical (unpaired) electrons. The van der Waals surface area contributed by atoms with E-state index in [4.69, 9.17) is 4.74 Å². The number of ether oxygens (including phenoxy) is 1. The Morgan fingerprint density at radius 3 is 2.93 bits per heavy atom. The first-order valence-electron chi connectivity index (χ1n) is 5.92. The Morgan fingerprint density at radius 1 is 1.47 bits per heavy atom. The molecular weight excluding hydrogens is 192 g/mol. The Bertz CT molecular complexity index is 245. The number of rotatable bonds is 2. The predicted molar refractivity (Wildman–Crippen MR) is 57.7 cm³/mol. The van der Waals surface area contributed by atoms with E-state index < -0.39 is 0 Å². The third kappa shape index (κ3) is 1.83. The van der Waals surface area contributed by atoms with Gasteiger partial charge in [0, 0.05) is 25.7 Å². The van der Waals surface area contributed by atoms with Crippen molar-refractivity contribution in [3.8, 4) is 0 Å². The summed E-state index contributed by atoms with van der Waals surface area (Å²) in [6.07, 6.45) is 0.903. The van der Waals surface area contributed by atoms with Gasteiger partial charge in [-0.3, -0.25) is 0 Å². The van der Waals surface area contributed by atoms with Crippen molar-refractivity contribution in [3.05, 3.63) is 0 Å². The number of carbonyl (C=O) groups excluding carboxylic acids is 1. The van der Waals surface area contributed by atoms with E-state index in [9.17, 15) is 4.79 Å². The van der Waals surface area contributed by atoms with Gasteiger partial charge in [-0.25, -0.2) is 4.79 Å². The second kappa shape index (κ2) is 4.39. The summed E-state index contributed by atoms with van der Waals surface area (Å²) in [5, 5.41) is 3.40. The summed E-state index contributed by atoms with van der Waals surface area (Å²) in [5.41, 5.74) is 0. The Balaban J connectivity index is 2.04. The molecule has 0 spiro atoms. The van der Waals surface area contributed by atoms with Crippen LogP contribution in [0.2, 0.25) is 0 Å². The van der Waals surface area contributed by atoms with Crippen LogP contribution in [0.3, 0.4) is 0 Å². The molecule has 2 aliphatic rings. The maximum absolute atomic E-state index is 11.7. The van der Waals surface area contributed by atoms with Crippen molar-refractivity contribution >= 4 is 6.09 Å². The van der Waals surface area contributed by atoms with Gasteiger partial charge >= 0.3 is 6.09 Å². The largest absolute Gasteiger partial charge is 0.450 e. The summed E-state index contributed by atoms with van der Waals surface area (Å²) < 4.78 is 5.09. The average Bonchev–Trinajstić information content (AvgIpc) is 2.76. The van der Waals surface area contributed by atoms with Gasteiger partial charge in [-0.05, 0) is 25.2 Å². The van der Waals surface area contributed by atoms with Crippen molar-refractivity contribution in [2.75, 3.05) is 26.2 Å². The van der Waals surface area contributed by atoms with E-state index in [0.717, 1.165) is 26.1 Å². The van der Waals surface area contributed by atoms with Gasteiger partial charge in [-0.2, -0.15) is 0 Å². The van der Waals surface area contributed by atoms with E-state index in [1.54, 1.807) is 0 Å². The Labute approximate surface area is 91.0 Å². The highest BCUT2D eigenvalue weighted by Gasteiger charge is 2.45. The van der Waals surface area contributed by atoms with E-state index in [1.165, 1.54) is 0 Å². The van der Waals surface area contributed by atoms with Crippen LogP contribution < -0.4 is 5.32 Å². The monoisotopic (exact) mass is 212 g/mol. The van der Waals surface area contributed by atoms with Crippen LogP contribution in [-0.2, 0) is 4.74 Å². The second-order valence-electron chi connectivity index (χ2n) is 4.41. The molecule has 1 amide bonds. The summed E-state index contributed by atoms with van der Waals surface area (Å²) in [6, 6.07) is 0.379. The normalized spacial score (nSPS) is 34.3. The smallest absolute Gasteiger partial charge is 0.410 e. The first-order valence-corrected chi connectivity index (χ1v) is 5.92. The minimum absolute atomic E-state index is 0.126. The summed E-state index contributed by atoms with van der Waals surface area (Å²) >= 11 is 0. The molecule has 15 heavy (non-hydrogen) atoms. The Kier molecular flexibility index (Phi) is 3.14. The van der Waals surface area contributed by atoms with Gasteiger partial charge in [-0.15, -0.1) is 0 Å². The van der Waals surface area contributed by atoms with Crippen LogP contribution in [0.4, 0.5) is 4.79 Å². The van der Waals surface area contributed by atoms with Gasteiger partial charge in [-0.1, -0.05) is 6.92 Å². The van der Waals surface area contributed by atoms with Crippen LogP contribution in [0.5, 0.6) is 0 Å². The van der Waals surface area contributed by atoms with Crippen molar-refractivity contribution < 1.29 is 9.53 Å². The lowest BCUT2D eigenvalue weighted by Gasteiger charge is -2.25. The predicted octanol–water partition coefficient (Wildman–Crippen LogP) is 1.07. The lowest BCUT2D eigenvalue weighted by molar-refractivity contribution is 0.0971. The molecule has 0 bridgehead atoms. The van der Waals surface area contributed by atoms with E-state index in [2.05, 4.69) is 12.2 Å². The van der Waals surface area contributed by atoms with E-state index >= 15 is 0 Å². The molecule has 4 heteroatoms. The molecule has 4 nitrogen and oxygen atoms in total. The summed E-state index contributed by atoms with van der Waals surface area (Å²) in [5.74, 6) is 1.28. The quantitative estimate of drug-likeness (QED) is 0.744. The third-order valence-electron chi connectivity index (χ3n) is 3.64. The lowest BCUT2D eigenvalue weighted by atomic mass is 9.93. The van der Waals surface area contributed by atoms with Crippen LogP contribution in [-0.4, -0.2) is 43.3 Å². The minimum atomic E-state index is -0.126. The number of nitrogens with zero attached hydrogens (tertiary/aromatic N) is 1. The molecule has 1 N–H and O–H groups in total. The van der Waals surface area contributed by atoms with E-state index in [0.29, 0.717) is 24.5 Å². The average molecular weight is 212 g/mol. The highest BCUT2D eigenvalue weighted by Crippen LogP contribution is 2.34. The molecule has 0 aliphatic carbocycles. The third-order valence-corrected chi connectivity index (χ3v) is 3.64. The van der Waals surface area contributed by atoms with Crippen LogP contribution in [0.1, 0.15) is 20.3 Å². The summed E-state index contributed by atoms with van der Waals surface area (Å²) in [4.78, 5) is 13.7. The Hall–Kier alpha value is -0.770. The molecule has 2 saturated heterocycles. The molecule has 2 aliphatic heterocycles. The molecule has 0 aromatic rings. The zero-order valence-electron chi connectivity index (χ0n) is 9.53. The number of carbonyl (C=O) groups is 1. The molecule has 3 unspecified atom stereocenters. The molecule has 3 atom stereocenters. The van der Waals surface area contributed by atoms with Gasteiger partial charge in [0.2, 0.25) is 0 Å². The van der Waals surface area contributed by atoms with Crippen molar-refractivity contribution in [1.29, 1.82) is 0 Å². The van der Waals surface area contributed by atoms with Gasteiger partial charge in [0.1, 0.15) is 0 Å². The van der Waals surface area contributed by atoms with Crippen molar-refractivity contribution in [3.63, 3.8) is 0 Å². The van der Waals surface area contributed by atoms with Crippen LogP contribution in [0.25, 0.3) is 0 Å². The van der Waals surface area contributed by atoms with E-state index in [1.807, 2.05) is 11.8 Å². The Morgan fingerprint density at radius 2 is 2.27 bits per heavy atom. The molecule has 86 valence electrons. The van der Waals surface area contributed by atoms with Gasteiger partial charge in [0.05, 0.1) is 6.61 Å². The summed E-state index contributed by atoms with van der Waals surface area (Å²) in [7, 11) is 0. The number of nitrogens with one attached hydrogen (secondary N) is 1. The molecule has 0 saturated carbocycles. The molecular formula is C11H20N2O2. The van der Waals surface area contributed by atoms with Crippen molar-refractivity contribution in [1.82, 2.24) is 10.2 Å². The van der Waals surface area contributed by atoms with Crippen molar-refractivity contribution in [2.45, 2.75) is 26.3 Å². The number of likely N-dealkylation sites (tertiary alicyclic amines) is 1. The maximum atomic E-state index is 11.7. The molecule has 0 aromatic heterocycles. The highest BCUT2D eigenvalue weighted by atomic mass is 16.6. The first-order chi connectivity index (χ1) is 7.27. The fraction of sp³-hybridized carbons (Fsp3) is 0.909. The number of fused-ring (bicyclic) bond motifs is 1. The number of hydrogen-bond donors (Lipinski definition) is 1. The highest BCUT2D eigenvalue weighted by molar-refractivity contribution is 5.68. The van der Waals surface area contributed by atoms with Crippen LogP contribution in [0, 0.1) is 11.8 Å². The standard InChI is InChI=1S/C11H20N2O2/c1-3-10-9-6-12-5-8(9)7-13(10)11(14)15-4-2/h8-10,12H,3-7H2,1-2H3. The molecule has 2 heterocycles. The van der Waals surface area contributed by atoms with Gasteiger partial charge in [0.25, 0.3) is 0 Å². The molecule has 2 rings (SSSR count). The first kappa shape index (κ1) is 10.7. The zero-order chi connectivity index (χ0) is 10.8. The number of amides is 1. The molecule has 2 fully saturated rings. The van der Waals surface area contributed by atoms with Gasteiger partial charge < -0.3 is 15.0 Å². The topological polar surface area (TPSA) is 41.6 Å². The fourth-order valence-corrected chi connectivity index (χ4v) is 2.96. The van der Waals surface area contributed by atoms with Crippen LogP contribution in [0.15, 0.2) is 0 Å². The molecule has 0 aromatic carbocycles. The minimum Gasteiger partial charge on any atom is -0.450 e. The SMILES string of the molecule is CCOC(=O)N1CC2CNCC2C1CC.